The fourth-order valence-corrected chi connectivity index (χ4v) is 2.93. The molecule has 0 radical (unpaired) electrons. The molecular weight excluding hydrogens is 254 g/mol. The molecule has 0 amide bonds. The Morgan fingerprint density at radius 2 is 2.05 bits per heavy atom. The van der Waals surface area contributed by atoms with E-state index in [0.29, 0.717) is 18.3 Å². The third-order valence-electron chi connectivity index (χ3n) is 3.99. The minimum Gasteiger partial charge on any atom is -0.477 e. The van der Waals surface area contributed by atoms with Gasteiger partial charge in [-0.1, -0.05) is 19.3 Å². The van der Waals surface area contributed by atoms with Crippen LogP contribution in [0.3, 0.4) is 0 Å². The van der Waals surface area contributed by atoms with Gasteiger partial charge in [-0.3, -0.25) is 4.68 Å². The lowest BCUT2D eigenvalue weighted by Gasteiger charge is -2.21. The lowest BCUT2D eigenvalue weighted by atomic mass is 9.96. The van der Waals surface area contributed by atoms with Crippen molar-refractivity contribution in [2.75, 3.05) is 0 Å². The maximum Gasteiger partial charge on any atom is 0.352 e. The molecule has 0 saturated heterocycles. The summed E-state index contributed by atoms with van der Waals surface area (Å²) in [5.74, 6) is -0.901. The zero-order valence-electron chi connectivity index (χ0n) is 11.4. The minimum absolute atomic E-state index is 0.303. The largest absolute Gasteiger partial charge is 0.477 e. The number of nitrogens with zero attached hydrogens (tertiary/aromatic N) is 3. The number of aromatic nitrogens is 3. The Morgan fingerprint density at radius 3 is 2.80 bits per heavy atom. The van der Waals surface area contributed by atoms with Gasteiger partial charge in [0.1, 0.15) is 5.69 Å². The monoisotopic (exact) mass is 273 g/mol. The quantitative estimate of drug-likeness (QED) is 0.931. The predicted molar refractivity (Wildman–Crippen MR) is 74.8 cm³/mol. The summed E-state index contributed by atoms with van der Waals surface area (Å²) < 4.78 is 3.77. The summed E-state index contributed by atoms with van der Waals surface area (Å²) in [6.45, 7) is 0.508. The van der Waals surface area contributed by atoms with Gasteiger partial charge in [-0.15, -0.1) is 0 Å². The van der Waals surface area contributed by atoms with Crippen LogP contribution in [0, 0.1) is 0 Å². The molecule has 2 aromatic rings. The van der Waals surface area contributed by atoms with Crippen LogP contribution >= 0.6 is 0 Å². The van der Waals surface area contributed by atoms with Crippen LogP contribution < -0.4 is 0 Å². The van der Waals surface area contributed by atoms with E-state index in [2.05, 4.69) is 9.78 Å². The third-order valence-corrected chi connectivity index (χ3v) is 3.99. The molecule has 0 spiro atoms. The van der Waals surface area contributed by atoms with Crippen LogP contribution in [0.15, 0.2) is 30.6 Å². The molecule has 0 aliphatic heterocycles. The fourth-order valence-electron chi connectivity index (χ4n) is 2.93. The van der Waals surface area contributed by atoms with Crippen molar-refractivity contribution < 1.29 is 9.90 Å². The molecule has 5 nitrogen and oxygen atoms in total. The molecule has 0 atom stereocenters. The van der Waals surface area contributed by atoms with E-state index in [1.165, 1.54) is 32.1 Å². The molecule has 1 fully saturated rings. The maximum absolute atomic E-state index is 11.1. The van der Waals surface area contributed by atoms with Gasteiger partial charge in [0.05, 0.1) is 18.3 Å². The average Bonchev–Trinajstić information content (AvgIpc) is 3.09. The SMILES string of the molecule is O=C(O)c1cccn1Cc1ccn(C2CCCCC2)n1. The number of hydrogen-bond acceptors (Lipinski definition) is 2. The van der Waals surface area contributed by atoms with Gasteiger partial charge in [0, 0.05) is 12.4 Å². The van der Waals surface area contributed by atoms with Gasteiger partial charge >= 0.3 is 5.97 Å². The lowest BCUT2D eigenvalue weighted by Crippen LogP contribution is -2.14. The molecule has 1 aliphatic carbocycles. The molecule has 0 bridgehead atoms. The van der Waals surface area contributed by atoms with Crippen LogP contribution in [0.4, 0.5) is 0 Å². The van der Waals surface area contributed by atoms with Crippen LogP contribution in [0.25, 0.3) is 0 Å². The molecule has 1 saturated carbocycles. The van der Waals surface area contributed by atoms with E-state index in [0.717, 1.165) is 5.69 Å². The first-order chi connectivity index (χ1) is 9.74. The van der Waals surface area contributed by atoms with Crippen molar-refractivity contribution in [3.63, 3.8) is 0 Å². The van der Waals surface area contributed by atoms with Crippen molar-refractivity contribution in [3.05, 3.63) is 42.0 Å². The summed E-state index contributed by atoms with van der Waals surface area (Å²) in [5, 5.41) is 13.7. The number of aromatic carboxylic acids is 1. The number of rotatable bonds is 4. The van der Waals surface area contributed by atoms with E-state index in [-0.39, 0.29) is 0 Å². The third kappa shape index (κ3) is 2.61. The summed E-state index contributed by atoms with van der Waals surface area (Å²) in [4.78, 5) is 11.1. The van der Waals surface area contributed by atoms with Crippen molar-refractivity contribution in [2.24, 2.45) is 0 Å². The predicted octanol–water partition coefficient (Wildman–Crippen LogP) is 2.94. The highest BCUT2D eigenvalue weighted by atomic mass is 16.4. The minimum atomic E-state index is -0.901. The van der Waals surface area contributed by atoms with Crippen LogP contribution in [-0.4, -0.2) is 25.4 Å². The Labute approximate surface area is 117 Å². The van der Waals surface area contributed by atoms with E-state index in [1.54, 1.807) is 22.9 Å². The number of carboxylic acid groups (broad SMARTS) is 1. The second-order valence-corrected chi connectivity index (χ2v) is 5.41. The molecule has 5 heteroatoms. The van der Waals surface area contributed by atoms with E-state index in [1.807, 2.05) is 12.3 Å². The molecule has 1 aliphatic rings. The number of carbonyl (C=O) groups is 1. The highest BCUT2D eigenvalue weighted by Crippen LogP contribution is 2.27. The van der Waals surface area contributed by atoms with Gasteiger partial charge in [0.15, 0.2) is 0 Å². The highest BCUT2D eigenvalue weighted by Gasteiger charge is 2.16. The van der Waals surface area contributed by atoms with E-state index in [9.17, 15) is 4.79 Å². The zero-order chi connectivity index (χ0) is 13.9. The molecule has 0 unspecified atom stereocenters. The first kappa shape index (κ1) is 13.0. The molecule has 2 heterocycles. The topological polar surface area (TPSA) is 60.0 Å². The molecular formula is C15H19N3O2. The maximum atomic E-state index is 11.1. The first-order valence-electron chi connectivity index (χ1n) is 7.16. The molecule has 2 aromatic heterocycles. The molecule has 20 heavy (non-hydrogen) atoms. The van der Waals surface area contributed by atoms with Gasteiger partial charge in [-0.2, -0.15) is 5.10 Å². The smallest absolute Gasteiger partial charge is 0.352 e. The van der Waals surface area contributed by atoms with Crippen molar-refractivity contribution in [1.82, 2.24) is 14.3 Å². The number of hydrogen-bond donors (Lipinski definition) is 1. The van der Waals surface area contributed by atoms with Crippen molar-refractivity contribution in [3.8, 4) is 0 Å². The summed E-state index contributed by atoms with van der Waals surface area (Å²) >= 11 is 0. The standard InChI is InChI=1S/C15H19N3O2/c19-15(20)14-7-4-9-17(14)11-12-8-10-18(16-12)13-5-2-1-3-6-13/h4,7-10,13H,1-3,5-6,11H2,(H,19,20). The Kier molecular flexibility index (Phi) is 3.58. The summed E-state index contributed by atoms with van der Waals surface area (Å²) in [5.41, 5.74) is 1.21. The molecule has 1 N–H and O–H groups in total. The van der Waals surface area contributed by atoms with Crippen LogP contribution in [-0.2, 0) is 6.54 Å². The Hall–Kier alpha value is -2.04. The van der Waals surface area contributed by atoms with Gasteiger partial charge in [-0.05, 0) is 31.0 Å². The number of carboxylic acids is 1. The van der Waals surface area contributed by atoms with E-state index >= 15 is 0 Å². The fraction of sp³-hybridized carbons (Fsp3) is 0.467. The first-order valence-corrected chi connectivity index (χ1v) is 7.16. The second kappa shape index (κ2) is 5.53. The van der Waals surface area contributed by atoms with Gasteiger partial charge in [0.2, 0.25) is 0 Å². The Morgan fingerprint density at radius 1 is 1.25 bits per heavy atom. The molecule has 0 aromatic carbocycles. The highest BCUT2D eigenvalue weighted by molar-refractivity contribution is 5.85. The Balaban J connectivity index is 1.73. The summed E-state index contributed by atoms with van der Waals surface area (Å²) in [7, 11) is 0. The second-order valence-electron chi connectivity index (χ2n) is 5.41. The lowest BCUT2D eigenvalue weighted by molar-refractivity contribution is 0.0685. The van der Waals surface area contributed by atoms with Gasteiger partial charge < -0.3 is 9.67 Å². The van der Waals surface area contributed by atoms with Gasteiger partial charge in [0.25, 0.3) is 0 Å². The Bertz CT molecular complexity index is 594. The summed E-state index contributed by atoms with van der Waals surface area (Å²) in [6, 6.07) is 5.86. The van der Waals surface area contributed by atoms with E-state index in [4.69, 9.17) is 5.11 Å². The molecule has 106 valence electrons. The van der Waals surface area contributed by atoms with E-state index < -0.39 is 5.97 Å². The van der Waals surface area contributed by atoms with Crippen LogP contribution in [0.2, 0.25) is 0 Å². The van der Waals surface area contributed by atoms with Crippen molar-refractivity contribution >= 4 is 5.97 Å². The van der Waals surface area contributed by atoms with Crippen molar-refractivity contribution in [1.29, 1.82) is 0 Å². The zero-order valence-corrected chi connectivity index (χ0v) is 11.4. The average molecular weight is 273 g/mol. The van der Waals surface area contributed by atoms with Crippen LogP contribution in [0.5, 0.6) is 0 Å². The normalized spacial score (nSPS) is 16.4. The molecule has 3 rings (SSSR count). The van der Waals surface area contributed by atoms with Crippen LogP contribution in [0.1, 0.15) is 54.3 Å². The van der Waals surface area contributed by atoms with Crippen molar-refractivity contribution in [2.45, 2.75) is 44.7 Å². The van der Waals surface area contributed by atoms with Gasteiger partial charge in [-0.25, -0.2) is 4.79 Å². The summed E-state index contributed by atoms with van der Waals surface area (Å²) in [6.07, 6.45) is 10.1.